The Morgan fingerprint density at radius 2 is 1.78 bits per heavy atom. The normalized spacial score (nSPS) is 31.7. The zero-order valence-electron chi connectivity index (χ0n) is 24.5. The van der Waals surface area contributed by atoms with E-state index in [1.54, 1.807) is 0 Å². The summed E-state index contributed by atoms with van der Waals surface area (Å²) < 4.78 is 90.0. The third-order valence-electron chi connectivity index (χ3n) is 10.2. The van der Waals surface area contributed by atoms with Crippen molar-refractivity contribution in [1.82, 2.24) is 40.1 Å². The SMILES string of the molecule is Cc1nonc1C(=O)N[C@H](c1cn2ncc([C@@H]3C[C@](O)(C(F)(F)F)CCN3C(=O)C34CC(F)(C3)C4)nc2n1)C1CCC(F)(F)CC1. The van der Waals surface area contributed by atoms with E-state index in [1.165, 1.54) is 28.7 Å². The molecule has 2 amide bonds. The number of likely N-dealkylation sites (tertiary alicyclic amines) is 1. The number of nitrogens with zero attached hydrogens (tertiary/aromatic N) is 7. The van der Waals surface area contributed by atoms with Gasteiger partial charge in [-0.2, -0.15) is 18.3 Å². The van der Waals surface area contributed by atoms with E-state index in [4.69, 9.17) is 0 Å². The largest absolute Gasteiger partial charge is 0.417 e. The number of piperidine rings is 1. The molecule has 248 valence electrons. The molecule has 18 heteroatoms. The van der Waals surface area contributed by atoms with Gasteiger partial charge in [-0.3, -0.25) is 9.59 Å². The standard InChI is InChI=1S/C28H30F6N8O4/c1-14-19(40-46-39-14)21(43)38-20(15-2-4-27(30,31)5-3-15)17-10-42-23(37-17)36-16(9-35-42)18-8-26(45,28(32,33)34)6-7-41(18)22(44)24-11-25(29,12-24)13-24/h9-10,15,18,20,45H,2-8,11-13H2,1H3,(H,38,43)/t18-,20-,24?,25?,26-/m0/s1. The number of fused-ring (bicyclic) bond motifs is 1. The summed E-state index contributed by atoms with van der Waals surface area (Å²) in [6, 6.07) is -2.24. The third-order valence-corrected chi connectivity index (χ3v) is 10.2. The quantitative estimate of drug-likeness (QED) is 0.376. The van der Waals surface area contributed by atoms with Crippen molar-refractivity contribution in [3.8, 4) is 0 Å². The van der Waals surface area contributed by atoms with Gasteiger partial charge in [0, 0.05) is 32.2 Å². The molecule has 1 aliphatic heterocycles. The average Bonchev–Trinajstić information content (AvgIpc) is 3.58. The molecule has 4 heterocycles. The summed E-state index contributed by atoms with van der Waals surface area (Å²) in [5.74, 6) is -4.56. The number of carbonyl (C=O) groups excluding carboxylic acids is 2. The Morgan fingerprint density at radius 3 is 2.39 bits per heavy atom. The molecule has 1 saturated heterocycles. The smallest absolute Gasteiger partial charge is 0.380 e. The van der Waals surface area contributed by atoms with Gasteiger partial charge in [0.05, 0.1) is 41.3 Å². The molecular formula is C28H30F6N8O4. The number of hydrogen-bond donors (Lipinski definition) is 2. The van der Waals surface area contributed by atoms with E-state index < -0.39 is 90.8 Å². The van der Waals surface area contributed by atoms with Crippen molar-refractivity contribution >= 4 is 17.6 Å². The second-order valence-electron chi connectivity index (χ2n) is 13.4. The molecule has 0 radical (unpaired) electrons. The topological polar surface area (TPSA) is 152 Å². The number of aromatic nitrogens is 6. The van der Waals surface area contributed by atoms with Crippen molar-refractivity contribution in [1.29, 1.82) is 0 Å². The molecule has 0 spiro atoms. The van der Waals surface area contributed by atoms with Crippen LogP contribution in [-0.2, 0) is 4.79 Å². The van der Waals surface area contributed by atoms with Crippen LogP contribution in [0.3, 0.4) is 0 Å². The van der Waals surface area contributed by atoms with Crippen molar-refractivity contribution in [2.75, 3.05) is 6.54 Å². The molecule has 0 unspecified atom stereocenters. The molecule has 0 aromatic carbocycles. The summed E-state index contributed by atoms with van der Waals surface area (Å²) in [5.41, 5.74) is -5.24. The van der Waals surface area contributed by atoms with Crippen LogP contribution in [0.25, 0.3) is 5.78 Å². The van der Waals surface area contributed by atoms with Crippen LogP contribution in [0.15, 0.2) is 17.0 Å². The predicted molar refractivity (Wildman–Crippen MR) is 142 cm³/mol. The van der Waals surface area contributed by atoms with Crippen LogP contribution in [0.2, 0.25) is 0 Å². The predicted octanol–water partition coefficient (Wildman–Crippen LogP) is 3.96. The summed E-state index contributed by atoms with van der Waals surface area (Å²) in [6.07, 6.45) is -4.72. The summed E-state index contributed by atoms with van der Waals surface area (Å²) in [6.45, 7) is 1.08. The Balaban J connectivity index is 1.21. The fraction of sp³-hybridized carbons (Fsp3) is 0.679. The van der Waals surface area contributed by atoms with E-state index >= 15 is 0 Å². The number of alkyl halides is 6. The van der Waals surface area contributed by atoms with Crippen LogP contribution >= 0.6 is 0 Å². The van der Waals surface area contributed by atoms with Gasteiger partial charge in [0.25, 0.3) is 11.7 Å². The Morgan fingerprint density at radius 1 is 1.09 bits per heavy atom. The van der Waals surface area contributed by atoms with Crippen molar-refractivity contribution in [2.45, 2.75) is 100 Å². The maximum absolute atomic E-state index is 14.3. The van der Waals surface area contributed by atoms with Gasteiger partial charge in [-0.25, -0.2) is 32.3 Å². The fourth-order valence-electron chi connectivity index (χ4n) is 7.55. The molecule has 46 heavy (non-hydrogen) atoms. The van der Waals surface area contributed by atoms with Gasteiger partial charge in [0.1, 0.15) is 11.4 Å². The zero-order chi connectivity index (χ0) is 32.9. The second-order valence-corrected chi connectivity index (χ2v) is 13.4. The monoisotopic (exact) mass is 656 g/mol. The molecule has 2 bridgehead atoms. The highest BCUT2D eigenvalue weighted by Crippen LogP contribution is 2.70. The molecule has 8 rings (SSSR count). The molecule has 5 fully saturated rings. The van der Waals surface area contributed by atoms with E-state index in [1.807, 2.05) is 0 Å². The van der Waals surface area contributed by atoms with Gasteiger partial charge < -0.3 is 15.3 Å². The van der Waals surface area contributed by atoms with Gasteiger partial charge in [-0.1, -0.05) is 5.16 Å². The Kier molecular flexibility index (Phi) is 6.75. The van der Waals surface area contributed by atoms with E-state index in [0.29, 0.717) is 0 Å². The third kappa shape index (κ3) is 4.99. The molecule has 12 nitrogen and oxygen atoms in total. The van der Waals surface area contributed by atoms with Crippen molar-refractivity contribution in [3.05, 3.63) is 35.2 Å². The van der Waals surface area contributed by atoms with E-state index in [9.17, 15) is 41.0 Å². The molecule has 4 saturated carbocycles. The first-order chi connectivity index (χ1) is 21.5. The summed E-state index contributed by atoms with van der Waals surface area (Å²) in [7, 11) is 0. The lowest BCUT2D eigenvalue weighted by atomic mass is 9.41. The number of aryl methyl sites for hydroxylation is 1. The minimum Gasteiger partial charge on any atom is -0.380 e. The van der Waals surface area contributed by atoms with E-state index in [0.717, 1.165) is 0 Å². The minimum atomic E-state index is -4.99. The number of rotatable bonds is 6. The van der Waals surface area contributed by atoms with Gasteiger partial charge in [0.2, 0.25) is 11.8 Å². The molecule has 3 aromatic heterocycles. The summed E-state index contributed by atoms with van der Waals surface area (Å²) >= 11 is 0. The zero-order valence-corrected chi connectivity index (χ0v) is 24.5. The molecule has 2 N–H and O–H groups in total. The number of amides is 2. The first kappa shape index (κ1) is 30.8. The minimum absolute atomic E-state index is 0.00403. The Hall–Kier alpha value is -3.83. The van der Waals surface area contributed by atoms with Crippen LogP contribution in [0.5, 0.6) is 0 Å². The van der Waals surface area contributed by atoms with Crippen LogP contribution in [-0.4, -0.2) is 81.6 Å². The number of nitrogens with one attached hydrogen (secondary N) is 1. The first-order valence-corrected chi connectivity index (χ1v) is 15.0. The van der Waals surface area contributed by atoms with Crippen LogP contribution in [0, 0.1) is 18.3 Å². The number of halogens is 6. The highest BCUT2D eigenvalue weighted by atomic mass is 19.4. The van der Waals surface area contributed by atoms with E-state index in [-0.39, 0.29) is 60.7 Å². The molecule has 5 aliphatic rings. The lowest BCUT2D eigenvalue weighted by Gasteiger charge is -2.65. The van der Waals surface area contributed by atoms with Gasteiger partial charge in [0.15, 0.2) is 11.3 Å². The van der Waals surface area contributed by atoms with Crippen molar-refractivity contribution < 1.29 is 45.7 Å². The molecule has 3 aromatic rings. The molecule has 4 aliphatic carbocycles. The van der Waals surface area contributed by atoms with Gasteiger partial charge in [-0.15, -0.1) is 0 Å². The van der Waals surface area contributed by atoms with Gasteiger partial charge >= 0.3 is 6.18 Å². The highest BCUT2D eigenvalue weighted by molar-refractivity contribution is 5.93. The van der Waals surface area contributed by atoms with Crippen LogP contribution in [0.1, 0.15) is 97.4 Å². The lowest BCUT2D eigenvalue weighted by molar-refractivity contribution is -0.280. The molecular weight excluding hydrogens is 626 g/mol. The van der Waals surface area contributed by atoms with Crippen LogP contribution in [0.4, 0.5) is 26.3 Å². The fourth-order valence-corrected chi connectivity index (χ4v) is 7.55. The number of aliphatic hydroxyl groups is 1. The van der Waals surface area contributed by atoms with Crippen molar-refractivity contribution in [3.63, 3.8) is 0 Å². The molecule has 3 atom stereocenters. The van der Waals surface area contributed by atoms with Gasteiger partial charge in [-0.05, 0) is 50.1 Å². The lowest BCUT2D eigenvalue weighted by Crippen LogP contribution is -2.71. The van der Waals surface area contributed by atoms with E-state index in [2.05, 4.69) is 35.3 Å². The summed E-state index contributed by atoms with van der Waals surface area (Å²) in [4.78, 5) is 36.7. The highest BCUT2D eigenvalue weighted by Gasteiger charge is 2.74. The maximum Gasteiger partial charge on any atom is 0.417 e. The van der Waals surface area contributed by atoms with Crippen molar-refractivity contribution in [2.24, 2.45) is 11.3 Å². The summed E-state index contributed by atoms with van der Waals surface area (Å²) in [5, 5.41) is 24.8. The van der Waals surface area contributed by atoms with Crippen LogP contribution < -0.4 is 5.32 Å². The number of hydrogen-bond acceptors (Lipinski definition) is 9. The Bertz CT molecular complexity index is 1680. The Labute approximate surface area is 256 Å². The number of carbonyl (C=O) groups is 2. The second kappa shape index (κ2) is 10.1. The number of imidazole rings is 1. The average molecular weight is 657 g/mol. The maximum atomic E-state index is 14.3. The first-order valence-electron chi connectivity index (χ1n) is 15.0.